The van der Waals surface area contributed by atoms with Gasteiger partial charge in [-0.05, 0) is 13.8 Å². The van der Waals surface area contributed by atoms with Crippen LogP contribution in [-0.4, -0.2) is 20.3 Å². The van der Waals surface area contributed by atoms with Gasteiger partial charge in [-0.3, -0.25) is 5.32 Å². The predicted molar refractivity (Wildman–Crippen MR) is 50.8 cm³/mol. The third kappa shape index (κ3) is 2.56. The maximum atomic E-state index is 5.33. The van der Waals surface area contributed by atoms with E-state index in [2.05, 4.69) is 21.4 Å². The van der Waals surface area contributed by atoms with Gasteiger partial charge in [0.2, 0.25) is 0 Å². The van der Waals surface area contributed by atoms with E-state index in [1.807, 2.05) is 25.5 Å². The van der Waals surface area contributed by atoms with Crippen LogP contribution in [0, 0.1) is 12.3 Å². The van der Waals surface area contributed by atoms with E-state index >= 15 is 0 Å². The Bertz CT molecular complexity index is 319. The van der Waals surface area contributed by atoms with Gasteiger partial charge in [0.05, 0.1) is 12.1 Å². The first-order valence-corrected chi connectivity index (χ1v) is 4.11. The third-order valence-electron chi connectivity index (χ3n) is 1.85. The van der Waals surface area contributed by atoms with Gasteiger partial charge in [-0.2, -0.15) is 0 Å². The number of terminal acetylenes is 1. The van der Waals surface area contributed by atoms with Crippen molar-refractivity contribution < 1.29 is 0 Å². The summed E-state index contributed by atoms with van der Waals surface area (Å²) in [5.74, 6) is 3.53. The summed E-state index contributed by atoms with van der Waals surface area (Å²) < 4.78 is 1.86. The highest BCUT2D eigenvalue weighted by Crippen LogP contribution is 2.00. The average molecular weight is 178 g/mol. The first-order chi connectivity index (χ1) is 6.05. The minimum Gasteiger partial charge on any atom is -0.320 e. The standard InChI is InChI=1S/C9H14N4/c1-5-9(2,3)10-6-8-12-11-7-13(8)4/h1,7,10H,6H2,2-4H3. The lowest BCUT2D eigenvalue weighted by Gasteiger charge is -2.18. The van der Waals surface area contributed by atoms with E-state index in [0.29, 0.717) is 6.54 Å². The molecule has 4 heteroatoms. The average Bonchev–Trinajstić information content (AvgIpc) is 2.48. The smallest absolute Gasteiger partial charge is 0.146 e. The number of nitrogens with zero attached hydrogens (tertiary/aromatic N) is 3. The summed E-state index contributed by atoms with van der Waals surface area (Å²) in [5, 5.41) is 10.9. The third-order valence-corrected chi connectivity index (χ3v) is 1.85. The Labute approximate surface area is 78.4 Å². The predicted octanol–water partition coefficient (Wildman–Crippen LogP) is 0.316. The van der Waals surface area contributed by atoms with Gasteiger partial charge in [0, 0.05) is 7.05 Å². The molecule has 0 aliphatic carbocycles. The molecule has 0 atom stereocenters. The highest BCUT2D eigenvalue weighted by Gasteiger charge is 2.13. The minimum absolute atomic E-state index is 0.300. The van der Waals surface area contributed by atoms with Crippen LogP contribution in [0.5, 0.6) is 0 Å². The van der Waals surface area contributed by atoms with Gasteiger partial charge in [0.15, 0.2) is 0 Å². The number of hydrogen-bond acceptors (Lipinski definition) is 3. The van der Waals surface area contributed by atoms with Gasteiger partial charge in [-0.1, -0.05) is 5.92 Å². The van der Waals surface area contributed by atoms with Crippen molar-refractivity contribution in [2.24, 2.45) is 7.05 Å². The van der Waals surface area contributed by atoms with E-state index in [1.165, 1.54) is 0 Å². The highest BCUT2D eigenvalue weighted by molar-refractivity contribution is 5.07. The van der Waals surface area contributed by atoms with Crippen LogP contribution in [0.1, 0.15) is 19.7 Å². The first kappa shape index (κ1) is 9.75. The van der Waals surface area contributed by atoms with Crippen molar-refractivity contribution in [3.05, 3.63) is 12.2 Å². The lowest BCUT2D eigenvalue weighted by molar-refractivity contribution is 0.475. The summed E-state index contributed by atoms with van der Waals surface area (Å²) in [4.78, 5) is 0. The lowest BCUT2D eigenvalue weighted by atomic mass is 10.1. The van der Waals surface area contributed by atoms with Crippen molar-refractivity contribution in [2.45, 2.75) is 25.9 Å². The van der Waals surface area contributed by atoms with E-state index in [0.717, 1.165) is 5.82 Å². The van der Waals surface area contributed by atoms with Crippen molar-refractivity contribution >= 4 is 0 Å². The van der Waals surface area contributed by atoms with Crippen molar-refractivity contribution in [1.29, 1.82) is 0 Å². The fourth-order valence-corrected chi connectivity index (χ4v) is 0.818. The summed E-state index contributed by atoms with van der Waals surface area (Å²) in [6.07, 6.45) is 7.00. The molecule has 0 aromatic carbocycles. The maximum Gasteiger partial charge on any atom is 0.146 e. The summed E-state index contributed by atoms with van der Waals surface area (Å²) in [6, 6.07) is 0. The Morgan fingerprint density at radius 1 is 1.69 bits per heavy atom. The molecule has 4 nitrogen and oxygen atoms in total. The Balaban J connectivity index is 2.54. The second-order valence-corrected chi connectivity index (χ2v) is 3.48. The molecular weight excluding hydrogens is 164 g/mol. The van der Waals surface area contributed by atoms with Crippen LogP contribution < -0.4 is 5.32 Å². The highest BCUT2D eigenvalue weighted by atomic mass is 15.3. The zero-order valence-electron chi connectivity index (χ0n) is 8.20. The molecule has 0 saturated carbocycles. The number of nitrogens with one attached hydrogen (secondary N) is 1. The van der Waals surface area contributed by atoms with Crippen LogP contribution in [0.4, 0.5) is 0 Å². The van der Waals surface area contributed by atoms with Gasteiger partial charge < -0.3 is 4.57 Å². The summed E-state index contributed by atoms with van der Waals surface area (Å²) in [6.45, 7) is 4.53. The first-order valence-electron chi connectivity index (χ1n) is 4.11. The Morgan fingerprint density at radius 3 is 2.85 bits per heavy atom. The second-order valence-electron chi connectivity index (χ2n) is 3.48. The molecule has 1 aromatic heterocycles. The molecular formula is C9H14N4. The largest absolute Gasteiger partial charge is 0.320 e. The van der Waals surface area contributed by atoms with Gasteiger partial charge in [-0.25, -0.2) is 0 Å². The molecule has 0 aliphatic rings. The van der Waals surface area contributed by atoms with E-state index in [4.69, 9.17) is 6.42 Å². The molecule has 0 bridgehead atoms. The fourth-order valence-electron chi connectivity index (χ4n) is 0.818. The topological polar surface area (TPSA) is 42.7 Å². The molecule has 0 spiro atoms. The van der Waals surface area contributed by atoms with Crippen molar-refractivity contribution in [1.82, 2.24) is 20.1 Å². The summed E-state index contributed by atoms with van der Waals surface area (Å²) in [5.41, 5.74) is -0.300. The lowest BCUT2D eigenvalue weighted by Crippen LogP contribution is -2.37. The molecule has 0 amide bonds. The Morgan fingerprint density at radius 2 is 2.38 bits per heavy atom. The molecule has 1 aromatic rings. The summed E-state index contributed by atoms with van der Waals surface area (Å²) >= 11 is 0. The van der Waals surface area contributed by atoms with Crippen LogP contribution in [0.2, 0.25) is 0 Å². The number of rotatable bonds is 3. The summed E-state index contributed by atoms with van der Waals surface area (Å²) in [7, 11) is 1.90. The molecule has 0 radical (unpaired) electrons. The van der Waals surface area contributed by atoms with E-state index in [1.54, 1.807) is 6.33 Å². The Kier molecular flexibility index (Phi) is 2.69. The Hall–Kier alpha value is -1.34. The van der Waals surface area contributed by atoms with E-state index in [9.17, 15) is 0 Å². The SMILES string of the molecule is C#CC(C)(C)NCc1nncn1C. The zero-order chi connectivity index (χ0) is 9.90. The molecule has 0 saturated heterocycles. The molecule has 1 rings (SSSR count). The molecule has 70 valence electrons. The molecule has 0 aliphatic heterocycles. The van der Waals surface area contributed by atoms with Crippen LogP contribution in [-0.2, 0) is 13.6 Å². The normalized spacial score (nSPS) is 11.2. The molecule has 13 heavy (non-hydrogen) atoms. The van der Waals surface area contributed by atoms with Crippen molar-refractivity contribution in [3.8, 4) is 12.3 Å². The number of aromatic nitrogens is 3. The van der Waals surface area contributed by atoms with E-state index < -0.39 is 0 Å². The molecule has 1 N–H and O–H groups in total. The number of aryl methyl sites for hydroxylation is 1. The van der Waals surface area contributed by atoms with Crippen molar-refractivity contribution in [3.63, 3.8) is 0 Å². The van der Waals surface area contributed by atoms with Crippen molar-refractivity contribution in [2.75, 3.05) is 0 Å². The van der Waals surface area contributed by atoms with Gasteiger partial charge in [-0.15, -0.1) is 16.6 Å². The van der Waals surface area contributed by atoms with Gasteiger partial charge >= 0.3 is 0 Å². The molecule has 0 unspecified atom stereocenters. The molecule has 0 fully saturated rings. The minimum atomic E-state index is -0.300. The van der Waals surface area contributed by atoms with Crippen LogP contribution in [0.15, 0.2) is 6.33 Å². The number of hydrogen-bond donors (Lipinski definition) is 1. The quantitative estimate of drug-likeness (QED) is 0.678. The monoisotopic (exact) mass is 178 g/mol. The van der Waals surface area contributed by atoms with Crippen LogP contribution in [0.3, 0.4) is 0 Å². The van der Waals surface area contributed by atoms with Gasteiger partial charge in [0.25, 0.3) is 0 Å². The fraction of sp³-hybridized carbons (Fsp3) is 0.556. The van der Waals surface area contributed by atoms with E-state index in [-0.39, 0.29) is 5.54 Å². The molecule has 1 heterocycles. The maximum absolute atomic E-state index is 5.33. The second kappa shape index (κ2) is 3.58. The van der Waals surface area contributed by atoms with Crippen LogP contribution >= 0.6 is 0 Å². The van der Waals surface area contributed by atoms with Crippen LogP contribution in [0.25, 0.3) is 0 Å². The zero-order valence-corrected chi connectivity index (χ0v) is 8.20. The van der Waals surface area contributed by atoms with Gasteiger partial charge in [0.1, 0.15) is 12.2 Å².